The van der Waals surface area contributed by atoms with Crippen LogP contribution in [0.5, 0.6) is 0 Å². The Balaban J connectivity index is 2.85. The molecule has 0 aliphatic carbocycles. The Hall–Kier alpha value is -1.62. The first-order chi connectivity index (χ1) is 6.50. The molecule has 1 atom stereocenters. The minimum Gasteiger partial charge on any atom is -0.481 e. The van der Waals surface area contributed by atoms with Gasteiger partial charge in [0.1, 0.15) is 5.82 Å². The largest absolute Gasteiger partial charge is 0.481 e. The van der Waals surface area contributed by atoms with Gasteiger partial charge in [-0.3, -0.25) is 4.79 Å². The molecule has 0 saturated carbocycles. The van der Waals surface area contributed by atoms with Crippen molar-refractivity contribution in [2.45, 2.75) is 12.5 Å². The van der Waals surface area contributed by atoms with Crippen LogP contribution in [0.1, 0.15) is 18.0 Å². The fraction of sp³-hybridized carbons (Fsp3) is 0.222. The summed E-state index contributed by atoms with van der Waals surface area (Å²) in [6.07, 6.45) is -0.203. The van der Waals surface area contributed by atoms with Crippen LogP contribution in [0.3, 0.4) is 0 Å². The highest BCUT2D eigenvalue weighted by Crippen LogP contribution is 2.19. The van der Waals surface area contributed by atoms with Gasteiger partial charge in [-0.1, -0.05) is 6.07 Å². The molecule has 1 rings (SSSR count). The van der Waals surface area contributed by atoms with Crippen LogP contribution in [0, 0.1) is 5.82 Å². The first kappa shape index (κ1) is 10.5. The summed E-state index contributed by atoms with van der Waals surface area (Å²) in [5.74, 6) is -1.53. The number of halogens is 1. The number of nitrogens with two attached hydrogens (primary N) is 2. The summed E-state index contributed by atoms with van der Waals surface area (Å²) >= 11 is 0. The Morgan fingerprint density at radius 1 is 1.57 bits per heavy atom. The summed E-state index contributed by atoms with van der Waals surface area (Å²) in [4.78, 5) is 10.3. The lowest BCUT2D eigenvalue weighted by molar-refractivity contribution is -0.137. The normalized spacial score (nSPS) is 12.4. The second-order valence-electron chi connectivity index (χ2n) is 2.99. The van der Waals surface area contributed by atoms with E-state index in [9.17, 15) is 9.18 Å². The van der Waals surface area contributed by atoms with Crippen LogP contribution in [0.4, 0.5) is 10.1 Å². The Labute approximate surface area is 80.3 Å². The maximum Gasteiger partial charge on any atom is 0.305 e. The van der Waals surface area contributed by atoms with E-state index in [0.717, 1.165) is 0 Å². The second kappa shape index (κ2) is 4.06. The van der Waals surface area contributed by atoms with Crippen molar-refractivity contribution in [2.24, 2.45) is 5.73 Å². The number of nitrogen functional groups attached to an aromatic ring is 1. The van der Waals surface area contributed by atoms with Crippen molar-refractivity contribution in [3.05, 3.63) is 29.6 Å². The fourth-order valence-electron chi connectivity index (χ4n) is 1.10. The Morgan fingerprint density at radius 3 is 2.71 bits per heavy atom. The van der Waals surface area contributed by atoms with Gasteiger partial charge in [0, 0.05) is 6.04 Å². The molecule has 1 aromatic carbocycles. The number of rotatable bonds is 3. The summed E-state index contributed by atoms with van der Waals surface area (Å²) in [5.41, 5.74) is 11.4. The molecule has 14 heavy (non-hydrogen) atoms. The molecule has 0 radical (unpaired) electrons. The third kappa shape index (κ3) is 2.43. The SMILES string of the molecule is Nc1cc([C@H](N)CC(=O)O)ccc1F. The van der Waals surface area contributed by atoms with Crippen LogP contribution in [-0.4, -0.2) is 11.1 Å². The lowest BCUT2D eigenvalue weighted by atomic mass is 10.0. The zero-order valence-corrected chi connectivity index (χ0v) is 7.40. The van der Waals surface area contributed by atoms with Crippen molar-refractivity contribution >= 4 is 11.7 Å². The Morgan fingerprint density at radius 2 is 2.21 bits per heavy atom. The Bertz CT molecular complexity index is 355. The summed E-state index contributed by atoms with van der Waals surface area (Å²) in [5, 5.41) is 8.48. The third-order valence-electron chi connectivity index (χ3n) is 1.84. The topological polar surface area (TPSA) is 89.3 Å². The van der Waals surface area contributed by atoms with Crippen LogP contribution in [0.25, 0.3) is 0 Å². The summed E-state index contributed by atoms with van der Waals surface area (Å²) in [6, 6.07) is 3.30. The number of carboxylic acid groups (broad SMARTS) is 1. The highest BCUT2D eigenvalue weighted by Gasteiger charge is 2.11. The zero-order chi connectivity index (χ0) is 10.7. The average molecular weight is 198 g/mol. The van der Waals surface area contributed by atoms with Gasteiger partial charge in [-0.2, -0.15) is 0 Å². The molecule has 0 heterocycles. The summed E-state index contributed by atoms with van der Waals surface area (Å²) < 4.78 is 12.7. The van der Waals surface area contributed by atoms with Crippen LogP contribution in [0.15, 0.2) is 18.2 Å². The molecule has 0 unspecified atom stereocenters. The van der Waals surface area contributed by atoms with Crippen molar-refractivity contribution in [1.29, 1.82) is 0 Å². The molecule has 4 nitrogen and oxygen atoms in total. The smallest absolute Gasteiger partial charge is 0.305 e. The van der Waals surface area contributed by atoms with E-state index in [1.807, 2.05) is 0 Å². The molecular weight excluding hydrogens is 187 g/mol. The molecular formula is C9H11FN2O2. The molecule has 0 fully saturated rings. The average Bonchev–Trinajstić information content (AvgIpc) is 2.08. The number of carboxylic acids is 1. The van der Waals surface area contributed by atoms with Gasteiger partial charge < -0.3 is 16.6 Å². The van der Waals surface area contributed by atoms with Crippen molar-refractivity contribution in [2.75, 3.05) is 5.73 Å². The monoisotopic (exact) mass is 198 g/mol. The predicted octanol–water partition coefficient (Wildman–Crippen LogP) is 0.882. The molecule has 0 aliphatic heterocycles. The van der Waals surface area contributed by atoms with Gasteiger partial charge in [0.25, 0.3) is 0 Å². The van der Waals surface area contributed by atoms with E-state index in [0.29, 0.717) is 5.56 Å². The molecule has 5 heteroatoms. The first-order valence-corrected chi connectivity index (χ1v) is 4.03. The van der Waals surface area contributed by atoms with Gasteiger partial charge in [0.05, 0.1) is 12.1 Å². The summed E-state index contributed by atoms with van der Waals surface area (Å²) in [7, 11) is 0. The number of hydrogen-bond acceptors (Lipinski definition) is 3. The number of hydrogen-bond donors (Lipinski definition) is 3. The molecule has 0 bridgehead atoms. The fourth-order valence-corrected chi connectivity index (χ4v) is 1.10. The number of carbonyl (C=O) groups is 1. The van der Waals surface area contributed by atoms with E-state index >= 15 is 0 Å². The maximum atomic E-state index is 12.7. The molecule has 0 spiro atoms. The van der Waals surface area contributed by atoms with Crippen LogP contribution in [-0.2, 0) is 4.79 Å². The lowest BCUT2D eigenvalue weighted by Gasteiger charge is -2.09. The van der Waals surface area contributed by atoms with Crippen molar-refractivity contribution < 1.29 is 14.3 Å². The van der Waals surface area contributed by atoms with Crippen LogP contribution < -0.4 is 11.5 Å². The van der Waals surface area contributed by atoms with E-state index < -0.39 is 17.8 Å². The van der Waals surface area contributed by atoms with Crippen molar-refractivity contribution in [3.63, 3.8) is 0 Å². The quantitative estimate of drug-likeness (QED) is 0.629. The first-order valence-electron chi connectivity index (χ1n) is 4.03. The lowest BCUT2D eigenvalue weighted by Crippen LogP contribution is -2.15. The summed E-state index contributed by atoms with van der Waals surface area (Å²) in [6.45, 7) is 0. The predicted molar refractivity (Wildman–Crippen MR) is 50.0 cm³/mol. The minimum absolute atomic E-state index is 0.0247. The van der Waals surface area contributed by atoms with E-state index in [2.05, 4.69) is 0 Å². The van der Waals surface area contributed by atoms with E-state index in [-0.39, 0.29) is 12.1 Å². The maximum absolute atomic E-state index is 12.7. The molecule has 0 saturated heterocycles. The van der Waals surface area contributed by atoms with Gasteiger partial charge >= 0.3 is 5.97 Å². The standard InChI is InChI=1S/C9H11FN2O2/c10-6-2-1-5(3-8(6)12)7(11)4-9(13)14/h1-3,7H,4,11-12H2,(H,13,14)/t7-/m1/s1. The van der Waals surface area contributed by atoms with Crippen LogP contribution >= 0.6 is 0 Å². The molecule has 5 N–H and O–H groups in total. The van der Waals surface area contributed by atoms with Gasteiger partial charge in [-0.25, -0.2) is 4.39 Å². The zero-order valence-electron chi connectivity index (χ0n) is 7.40. The van der Waals surface area contributed by atoms with Gasteiger partial charge in [0.2, 0.25) is 0 Å². The van der Waals surface area contributed by atoms with Gasteiger partial charge in [-0.05, 0) is 17.7 Å². The molecule has 0 amide bonds. The molecule has 1 aromatic rings. The molecule has 76 valence electrons. The number of anilines is 1. The number of aliphatic carboxylic acids is 1. The highest BCUT2D eigenvalue weighted by molar-refractivity contribution is 5.68. The van der Waals surface area contributed by atoms with E-state index in [1.54, 1.807) is 0 Å². The number of benzene rings is 1. The minimum atomic E-state index is -1.000. The van der Waals surface area contributed by atoms with E-state index in [1.165, 1.54) is 18.2 Å². The van der Waals surface area contributed by atoms with Gasteiger partial charge in [-0.15, -0.1) is 0 Å². The third-order valence-corrected chi connectivity index (χ3v) is 1.84. The molecule has 0 aromatic heterocycles. The van der Waals surface area contributed by atoms with Crippen LogP contribution in [0.2, 0.25) is 0 Å². The van der Waals surface area contributed by atoms with Crippen molar-refractivity contribution in [3.8, 4) is 0 Å². The molecule has 0 aliphatic rings. The highest BCUT2D eigenvalue weighted by atomic mass is 19.1. The van der Waals surface area contributed by atoms with Gasteiger partial charge in [0.15, 0.2) is 0 Å². The second-order valence-corrected chi connectivity index (χ2v) is 2.99. The van der Waals surface area contributed by atoms with Crippen molar-refractivity contribution in [1.82, 2.24) is 0 Å². The van der Waals surface area contributed by atoms with E-state index in [4.69, 9.17) is 16.6 Å². The Kier molecular flexibility index (Phi) is 3.03.